The molecule has 0 bridgehead atoms. The molecule has 1 aromatic carbocycles. The van der Waals surface area contributed by atoms with Crippen LogP contribution in [0.25, 0.3) is 11.3 Å². The molecule has 0 aliphatic heterocycles. The summed E-state index contributed by atoms with van der Waals surface area (Å²) in [6, 6.07) is 5.79. The maximum atomic E-state index is 12.1. The highest BCUT2D eigenvalue weighted by Gasteiger charge is 2.12. The summed E-state index contributed by atoms with van der Waals surface area (Å²) in [7, 11) is 1.73. The van der Waals surface area contributed by atoms with E-state index in [1.807, 2.05) is 65.8 Å². The highest BCUT2D eigenvalue weighted by atomic mass is 16.3. The Kier molecular flexibility index (Phi) is 7.44. The van der Waals surface area contributed by atoms with Crippen LogP contribution in [0.2, 0.25) is 0 Å². The van der Waals surface area contributed by atoms with Crippen LogP contribution in [0.3, 0.4) is 0 Å². The number of aliphatic hydroxyl groups is 1. The lowest BCUT2D eigenvalue weighted by molar-refractivity contribution is 0.431. The molecule has 0 unspecified atom stereocenters. The van der Waals surface area contributed by atoms with Gasteiger partial charge in [-0.15, -0.1) is 0 Å². The van der Waals surface area contributed by atoms with E-state index in [9.17, 15) is 9.90 Å². The molecule has 0 spiro atoms. The topological polar surface area (TPSA) is 47.2 Å². The fourth-order valence-electron chi connectivity index (χ4n) is 2.54. The number of imidazole rings is 1. The number of rotatable bonds is 4. The minimum Gasteiger partial charge on any atom is -0.507 e. The molecule has 0 atom stereocenters. The standard InChI is InChI=1S/C20H24N2O2.C2H6/c1-13(2)11-17(19(23)14(3)4)16-7-8-18(15(5)12-16)22-10-9-21(6)20(22)24;1-2/h7-12,23H,1H2,2-6H3;1-2H3/b17-11-;. The van der Waals surface area contributed by atoms with E-state index in [0.717, 1.165) is 33.5 Å². The van der Waals surface area contributed by atoms with Crippen LogP contribution in [0.5, 0.6) is 0 Å². The summed E-state index contributed by atoms with van der Waals surface area (Å²) >= 11 is 0. The van der Waals surface area contributed by atoms with Crippen molar-refractivity contribution in [2.24, 2.45) is 7.05 Å². The van der Waals surface area contributed by atoms with Gasteiger partial charge < -0.3 is 9.67 Å². The van der Waals surface area contributed by atoms with E-state index in [0.29, 0.717) is 0 Å². The number of nitrogens with zero attached hydrogens (tertiary/aromatic N) is 2. The molecular formula is C22H30N2O2. The van der Waals surface area contributed by atoms with Crippen molar-refractivity contribution in [2.75, 3.05) is 0 Å². The van der Waals surface area contributed by atoms with Gasteiger partial charge in [0.25, 0.3) is 0 Å². The highest BCUT2D eigenvalue weighted by molar-refractivity contribution is 5.80. The Morgan fingerprint density at radius 2 is 1.77 bits per heavy atom. The summed E-state index contributed by atoms with van der Waals surface area (Å²) in [4.78, 5) is 12.1. The molecule has 140 valence electrons. The minimum absolute atomic E-state index is 0.0873. The lowest BCUT2D eigenvalue weighted by atomic mass is 9.97. The summed E-state index contributed by atoms with van der Waals surface area (Å²) < 4.78 is 3.15. The summed E-state index contributed by atoms with van der Waals surface area (Å²) in [6.07, 6.45) is 5.35. The van der Waals surface area contributed by atoms with E-state index in [4.69, 9.17) is 0 Å². The molecule has 0 fully saturated rings. The first-order chi connectivity index (χ1) is 12.2. The van der Waals surface area contributed by atoms with Crippen LogP contribution in [0.15, 0.2) is 64.9 Å². The summed E-state index contributed by atoms with van der Waals surface area (Å²) in [6.45, 7) is 15.5. The van der Waals surface area contributed by atoms with Gasteiger partial charge >= 0.3 is 5.69 Å². The molecule has 0 saturated heterocycles. The zero-order valence-electron chi connectivity index (χ0n) is 16.9. The molecule has 26 heavy (non-hydrogen) atoms. The van der Waals surface area contributed by atoms with Crippen LogP contribution >= 0.6 is 0 Å². The van der Waals surface area contributed by atoms with Crippen molar-refractivity contribution in [3.63, 3.8) is 0 Å². The van der Waals surface area contributed by atoms with Gasteiger partial charge in [-0.2, -0.15) is 0 Å². The van der Waals surface area contributed by atoms with Crippen molar-refractivity contribution < 1.29 is 5.11 Å². The Morgan fingerprint density at radius 3 is 2.19 bits per heavy atom. The molecule has 0 aliphatic rings. The third-order valence-corrected chi connectivity index (χ3v) is 3.83. The van der Waals surface area contributed by atoms with Gasteiger partial charge in [0.1, 0.15) is 5.76 Å². The van der Waals surface area contributed by atoms with Crippen LogP contribution in [0, 0.1) is 6.92 Å². The van der Waals surface area contributed by atoms with Crippen LogP contribution in [0.1, 0.15) is 45.7 Å². The summed E-state index contributed by atoms with van der Waals surface area (Å²) in [5.74, 6) is 0.252. The first-order valence-electron chi connectivity index (χ1n) is 8.81. The van der Waals surface area contributed by atoms with Crippen molar-refractivity contribution in [3.8, 4) is 5.69 Å². The Balaban J connectivity index is 0.00000163. The average molecular weight is 354 g/mol. The Labute approximate surface area is 156 Å². The maximum Gasteiger partial charge on any atom is 0.332 e. The van der Waals surface area contributed by atoms with Crippen molar-refractivity contribution in [1.29, 1.82) is 0 Å². The smallest absolute Gasteiger partial charge is 0.332 e. The van der Waals surface area contributed by atoms with Crippen molar-refractivity contribution in [1.82, 2.24) is 9.13 Å². The molecular weight excluding hydrogens is 324 g/mol. The molecule has 1 aromatic heterocycles. The fraction of sp³-hybridized carbons (Fsp3) is 0.318. The second kappa shape index (κ2) is 9.09. The van der Waals surface area contributed by atoms with E-state index < -0.39 is 0 Å². The molecule has 2 rings (SSSR count). The molecule has 0 saturated carbocycles. The molecule has 1 N–H and O–H groups in total. The predicted molar refractivity (Wildman–Crippen MR) is 111 cm³/mol. The molecule has 2 aromatic rings. The van der Waals surface area contributed by atoms with Crippen LogP contribution in [0.4, 0.5) is 0 Å². The van der Waals surface area contributed by atoms with Gasteiger partial charge in [0.15, 0.2) is 0 Å². The van der Waals surface area contributed by atoms with Gasteiger partial charge in [-0.25, -0.2) is 4.79 Å². The highest BCUT2D eigenvalue weighted by Crippen LogP contribution is 2.27. The number of aryl methyl sites for hydroxylation is 2. The summed E-state index contributed by atoms with van der Waals surface area (Å²) in [5.41, 5.74) is 5.02. The van der Waals surface area contributed by atoms with E-state index in [1.54, 1.807) is 24.0 Å². The number of aromatic nitrogens is 2. The molecule has 0 aliphatic carbocycles. The van der Waals surface area contributed by atoms with Gasteiger partial charge in [0.2, 0.25) is 0 Å². The Morgan fingerprint density at radius 1 is 1.15 bits per heavy atom. The molecule has 4 nitrogen and oxygen atoms in total. The van der Waals surface area contributed by atoms with E-state index >= 15 is 0 Å². The molecule has 1 heterocycles. The van der Waals surface area contributed by atoms with Gasteiger partial charge in [0.05, 0.1) is 5.69 Å². The Bertz CT molecular complexity index is 904. The normalized spacial score (nSPS) is 10.8. The SMILES string of the molecule is C=C(C)/C=C(\C(O)=C(C)C)c1ccc(-n2ccn(C)c2=O)c(C)c1.CC. The van der Waals surface area contributed by atoms with Crippen LogP contribution in [-0.2, 0) is 7.05 Å². The lowest BCUT2D eigenvalue weighted by Gasteiger charge is -2.13. The molecule has 0 radical (unpaired) electrons. The second-order valence-corrected chi connectivity index (χ2v) is 6.32. The average Bonchev–Trinajstić information content (AvgIpc) is 2.93. The van der Waals surface area contributed by atoms with Crippen molar-refractivity contribution in [3.05, 3.63) is 81.8 Å². The number of hydrogen-bond donors (Lipinski definition) is 1. The van der Waals surface area contributed by atoms with Gasteiger partial charge in [-0.3, -0.25) is 4.57 Å². The molecule has 4 heteroatoms. The second-order valence-electron chi connectivity index (χ2n) is 6.32. The number of hydrogen-bond acceptors (Lipinski definition) is 2. The van der Waals surface area contributed by atoms with Crippen LogP contribution in [-0.4, -0.2) is 14.2 Å². The van der Waals surface area contributed by atoms with E-state index in [2.05, 4.69) is 6.58 Å². The zero-order valence-corrected chi connectivity index (χ0v) is 16.9. The monoisotopic (exact) mass is 354 g/mol. The molecule has 0 amide bonds. The first kappa shape index (κ1) is 21.3. The third-order valence-electron chi connectivity index (χ3n) is 3.83. The quantitative estimate of drug-likeness (QED) is 0.596. The number of aliphatic hydroxyl groups excluding tert-OH is 1. The third kappa shape index (κ3) is 4.66. The van der Waals surface area contributed by atoms with Gasteiger partial charge in [-0.1, -0.05) is 32.1 Å². The largest absolute Gasteiger partial charge is 0.507 e. The first-order valence-corrected chi connectivity index (χ1v) is 8.81. The van der Waals surface area contributed by atoms with E-state index in [-0.39, 0.29) is 11.4 Å². The van der Waals surface area contributed by atoms with Crippen molar-refractivity contribution >= 4 is 5.57 Å². The number of benzene rings is 1. The van der Waals surface area contributed by atoms with Gasteiger partial charge in [0, 0.05) is 25.0 Å². The number of allylic oxidation sites excluding steroid dienone is 4. The van der Waals surface area contributed by atoms with Crippen LogP contribution < -0.4 is 5.69 Å². The Hall–Kier alpha value is -2.75. The summed E-state index contributed by atoms with van der Waals surface area (Å²) in [5, 5.41) is 10.4. The minimum atomic E-state index is -0.0873. The zero-order chi connectivity index (χ0) is 20.0. The van der Waals surface area contributed by atoms with E-state index in [1.165, 1.54) is 4.57 Å². The van der Waals surface area contributed by atoms with Crippen molar-refractivity contribution in [2.45, 2.75) is 41.5 Å². The maximum absolute atomic E-state index is 12.1. The van der Waals surface area contributed by atoms with Gasteiger partial charge in [-0.05, 0) is 62.6 Å². The predicted octanol–water partition coefficient (Wildman–Crippen LogP) is 5.32. The fourth-order valence-corrected chi connectivity index (χ4v) is 2.54. The lowest BCUT2D eigenvalue weighted by Crippen LogP contribution is -2.21.